The molecule has 6 heteroatoms. The molecule has 0 spiro atoms. The van der Waals surface area contributed by atoms with Crippen molar-refractivity contribution in [1.82, 2.24) is 5.32 Å². The second kappa shape index (κ2) is 6.09. The normalized spacial score (nSPS) is 11.6. The molecule has 0 saturated carbocycles. The predicted octanol–water partition coefficient (Wildman–Crippen LogP) is 2.73. The topological polar surface area (TPSA) is 38.3 Å². The van der Waals surface area contributed by atoms with Crippen molar-refractivity contribution in [3.8, 4) is 5.75 Å². The Morgan fingerprint density at radius 1 is 1.33 bits per heavy atom. The second-order valence-corrected chi connectivity index (χ2v) is 3.46. The van der Waals surface area contributed by atoms with Crippen LogP contribution in [0.15, 0.2) is 30.3 Å². The molecule has 3 nitrogen and oxygen atoms in total. The molecule has 0 bridgehead atoms. The van der Waals surface area contributed by atoms with E-state index in [1.165, 1.54) is 31.2 Å². The number of halogens is 3. The van der Waals surface area contributed by atoms with Gasteiger partial charge in [0.05, 0.1) is 0 Å². The number of carbonyl (C=O) groups is 1. The number of nitrogens with one attached hydrogen (secondary N) is 1. The van der Waals surface area contributed by atoms with Crippen molar-refractivity contribution < 1.29 is 22.7 Å². The minimum atomic E-state index is -4.68. The lowest BCUT2D eigenvalue weighted by atomic mass is 10.2. The summed E-state index contributed by atoms with van der Waals surface area (Å²) in [6.07, 6.45) is -1.29. The summed E-state index contributed by atoms with van der Waals surface area (Å²) in [4.78, 5) is 10.6. The van der Waals surface area contributed by atoms with E-state index in [0.717, 1.165) is 5.56 Å². The molecule has 1 aromatic carbocycles. The fraction of sp³-hybridized carbons (Fsp3) is 0.250. The van der Waals surface area contributed by atoms with Gasteiger partial charge in [-0.15, -0.1) is 13.2 Å². The van der Waals surface area contributed by atoms with Gasteiger partial charge in [0.15, 0.2) is 0 Å². The van der Waals surface area contributed by atoms with Crippen LogP contribution in [0.4, 0.5) is 13.2 Å². The van der Waals surface area contributed by atoms with Gasteiger partial charge in [-0.25, -0.2) is 0 Å². The van der Waals surface area contributed by atoms with Crippen molar-refractivity contribution in [2.24, 2.45) is 0 Å². The van der Waals surface area contributed by atoms with Crippen LogP contribution in [0.5, 0.6) is 5.75 Å². The van der Waals surface area contributed by atoms with Gasteiger partial charge in [0.1, 0.15) is 5.75 Å². The molecule has 1 rings (SSSR count). The number of benzene rings is 1. The van der Waals surface area contributed by atoms with E-state index in [1.807, 2.05) is 0 Å². The van der Waals surface area contributed by atoms with Crippen molar-refractivity contribution in [3.05, 3.63) is 35.9 Å². The van der Waals surface area contributed by atoms with Gasteiger partial charge < -0.3 is 10.1 Å². The highest BCUT2D eigenvalue weighted by atomic mass is 19.4. The van der Waals surface area contributed by atoms with Gasteiger partial charge in [0, 0.05) is 13.5 Å². The summed E-state index contributed by atoms with van der Waals surface area (Å²) >= 11 is 0. The number of amides is 1. The van der Waals surface area contributed by atoms with Crippen LogP contribution in [0.25, 0.3) is 6.08 Å². The van der Waals surface area contributed by atoms with Gasteiger partial charge in [0.25, 0.3) is 0 Å². The van der Waals surface area contributed by atoms with E-state index in [0.29, 0.717) is 6.54 Å². The SMILES string of the molecule is CC(=O)NCC=Cc1ccc(OC(F)(F)F)cc1. The minimum Gasteiger partial charge on any atom is -0.406 e. The van der Waals surface area contributed by atoms with Crippen LogP contribution in [-0.4, -0.2) is 18.8 Å². The molecule has 0 aromatic heterocycles. The smallest absolute Gasteiger partial charge is 0.406 e. The number of ether oxygens (including phenoxy) is 1. The van der Waals surface area contributed by atoms with E-state index in [2.05, 4.69) is 10.1 Å². The molecule has 0 unspecified atom stereocenters. The van der Waals surface area contributed by atoms with Crippen LogP contribution >= 0.6 is 0 Å². The van der Waals surface area contributed by atoms with Crippen molar-refractivity contribution in [2.45, 2.75) is 13.3 Å². The van der Waals surface area contributed by atoms with Gasteiger partial charge in [-0.3, -0.25) is 4.79 Å². The largest absolute Gasteiger partial charge is 0.573 e. The molecular weight excluding hydrogens is 247 g/mol. The van der Waals surface area contributed by atoms with Crippen molar-refractivity contribution >= 4 is 12.0 Å². The Morgan fingerprint density at radius 2 is 1.94 bits per heavy atom. The summed E-state index contributed by atoms with van der Waals surface area (Å²) in [6, 6.07) is 5.44. The van der Waals surface area contributed by atoms with Crippen molar-refractivity contribution in [1.29, 1.82) is 0 Å². The third-order valence-electron chi connectivity index (χ3n) is 1.89. The van der Waals surface area contributed by atoms with Crippen LogP contribution in [-0.2, 0) is 4.79 Å². The number of rotatable bonds is 4. The maximum atomic E-state index is 11.9. The number of carbonyl (C=O) groups excluding carboxylic acids is 1. The average Bonchev–Trinajstić information content (AvgIpc) is 2.24. The molecule has 0 atom stereocenters. The third kappa shape index (κ3) is 5.93. The first kappa shape index (κ1) is 14.1. The summed E-state index contributed by atoms with van der Waals surface area (Å²) in [5, 5.41) is 2.56. The van der Waals surface area contributed by atoms with Crippen LogP contribution in [0, 0.1) is 0 Å². The Labute approximate surface area is 102 Å². The Balaban J connectivity index is 2.52. The molecule has 0 aliphatic heterocycles. The molecule has 0 heterocycles. The van der Waals surface area contributed by atoms with E-state index < -0.39 is 6.36 Å². The van der Waals surface area contributed by atoms with Crippen LogP contribution in [0.2, 0.25) is 0 Å². The molecule has 0 saturated heterocycles. The molecule has 0 aliphatic rings. The quantitative estimate of drug-likeness (QED) is 0.902. The van der Waals surface area contributed by atoms with E-state index in [9.17, 15) is 18.0 Å². The second-order valence-electron chi connectivity index (χ2n) is 3.46. The van der Waals surface area contributed by atoms with Gasteiger partial charge in [-0.2, -0.15) is 0 Å². The van der Waals surface area contributed by atoms with Gasteiger partial charge >= 0.3 is 6.36 Å². The number of hydrogen-bond acceptors (Lipinski definition) is 2. The van der Waals surface area contributed by atoms with Crippen molar-refractivity contribution in [3.63, 3.8) is 0 Å². The van der Waals surface area contributed by atoms with E-state index in [-0.39, 0.29) is 11.7 Å². The molecule has 1 amide bonds. The molecular formula is C12H12F3NO2. The third-order valence-corrected chi connectivity index (χ3v) is 1.89. The lowest BCUT2D eigenvalue weighted by molar-refractivity contribution is -0.274. The fourth-order valence-electron chi connectivity index (χ4n) is 1.18. The first-order chi connectivity index (χ1) is 8.37. The maximum Gasteiger partial charge on any atom is 0.573 e. The highest BCUT2D eigenvalue weighted by molar-refractivity contribution is 5.73. The van der Waals surface area contributed by atoms with Gasteiger partial charge in [-0.1, -0.05) is 24.3 Å². The maximum absolute atomic E-state index is 11.9. The summed E-state index contributed by atoms with van der Waals surface area (Å²) in [6.45, 7) is 1.77. The summed E-state index contributed by atoms with van der Waals surface area (Å²) in [5.41, 5.74) is 0.717. The van der Waals surface area contributed by atoms with Crippen molar-refractivity contribution in [2.75, 3.05) is 6.54 Å². The van der Waals surface area contributed by atoms with Gasteiger partial charge in [-0.05, 0) is 17.7 Å². The molecule has 98 valence electrons. The molecule has 0 aliphatic carbocycles. The standard InChI is InChI=1S/C12H12F3NO2/c1-9(17)16-8-2-3-10-4-6-11(7-5-10)18-12(13,14)15/h2-7H,8H2,1H3,(H,16,17). The molecule has 0 radical (unpaired) electrons. The highest BCUT2D eigenvalue weighted by Crippen LogP contribution is 2.22. The highest BCUT2D eigenvalue weighted by Gasteiger charge is 2.30. The van der Waals surface area contributed by atoms with Crippen LogP contribution < -0.4 is 10.1 Å². The molecule has 1 N–H and O–H groups in total. The Bertz CT molecular complexity index is 424. The zero-order chi connectivity index (χ0) is 13.6. The minimum absolute atomic E-state index is 0.145. The van der Waals surface area contributed by atoms with Gasteiger partial charge in [0.2, 0.25) is 5.91 Å². The van der Waals surface area contributed by atoms with E-state index in [4.69, 9.17) is 0 Å². The lowest BCUT2D eigenvalue weighted by Crippen LogP contribution is -2.19. The first-order valence-corrected chi connectivity index (χ1v) is 5.13. The molecule has 0 fully saturated rings. The van der Waals surface area contributed by atoms with E-state index >= 15 is 0 Å². The Morgan fingerprint density at radius 3 is 2.44 bits per heavy atom. The fourth-order valence-corrected chi connectivity index (χ4v) is 1.18. The van der Waals surface area contributed by atoms with E-state index in [1.54, 1.807) is 12.2 Å². The molecule has 1 aromatic rings. The number of hydrogen-bond donors (Lipinski definition) is 1. The monoisotopic (exact) mass is 259 g/mol. The summed E-state index contributed by atoms with van der Waals surface area (Å²) in [5.74, 6) is -0.407. The van der Waals surface area contributed by atoms with Crippen LogP contribution in [0.1, 0.15) is 12.5 Å². The summed E-state index contributed by atoms with van der Waals surface area (Å²) < 4.78 is 39.4. The molecule has 18 heavy (non-hydrogen) atoms. The Hall–Kier alpha value is -1.98. The summed E-state index contributed by atoms with van der Waals surface area (Å²) in [7, 11) is 0. The zero-order valence-electron chi connectivity index (χ0n) is 9.62. The zero-order valence-corrected chi connectivity index (χ0v) is 9.62. The Kier molecular flexibility index (Phi) is 4.76. The lowest BCUT2D eigenvalue weighted by Gasteiger charge is -2.08. The number of alkyl halides is 3. The predicted molar refractivity (Wildman–Crippen MR) is 60.8 cm³/mol. The average molecular weight is 259 g/mol. The first-order valence-electron chi connectivity index (χ1n) is 5.13. The van der Waals surface area contributed by atoms with Crippen LogP contribution in [0.3, 0.4) is 0 Å².